The standard InChI is InChI=1S/C7H6O3.C6H8O7.3Na/c8-6-4-2-1-3-5(6)7(9)10;7-3(8)1-6(13,5(11)12)2-4(9)10;;;/h1-4,8H,(H,9,10);13H,1-2H2,(H,7,8)(H,9,10)(H,11,12);;;/q;;3*+1/p-3. The van der Waals surface area contributed by atoms with E-state index in [1.54, 1.807) is 0 Å². The van der Waals surface area contributed by atoms with Gasteiger partial charge in [-0.2, -0.15) is 0 Å². The summed E-state index contributed by atoms with van der Waals surface area (Å²) in [7, 11) is 0. The van der Waals surface area contributed by atoms with E-state index in [4.69, 9.17) is 15.3 Å². The van der Waals surface area contributed by atoms with Crippen LogP contribution in [0.25, 0.3) is 0 Å². The summed E-state index contributed by atoms with van der Waals surface area (Å²) in [5.41, 5.74) is -3.04. The maximum absolute atomic E-state index is 10.7. The average Bonchev–Trinajstić information content (AvgIpc) is 2.37. The number of hydrogen-bond acceptors (Lipinski definition) is 8. The van der Waals surface area contributed by atoms with Crippen molar-refractivity contribution in [2.45, 2.75) is 18.4 Å². The molecule has 0 bridgehead atoms. The first-order valence-corrected chi connectivity index (χ1v) is 5.84. The third-order valence-corrected chi connectivity index (χ3v) is 2.39. The van der Waals surface area contributed by atoms with Crippen LogP contribution >= 0.6 is 0 Å². The van der Waals surface area contributed by atoms with Gasteiger partial charge in [0.15, 0.2) is 5.60 Å². The van der Waals surface area contributed by atoms with Crippen molar-refractivity contribution in [2.75, 3.05) is 0 Å². The third kappa shape index (κ3) is 13.1. The smallest absolute Gasteiger partial charge is 0.872 e. The number of carbonyl (C=O) groups is 4. The van der Waals surface area contributed by atoms with Gasteiger partial charge in [-0.15, -0.1) is 0 Å². The van der Waals surface area contributed by atoms with E-state index >= 15 is 0 Å². The molecule has 0 fully saturated rings. The Labute approximate surface area is 214 Å². The van der Waals surface area contributed by atoms with Crippen molar-refractivity contribution in [1.29, 1.82) is 0 Å². The van der Waals surface area contributed by atoms with Gasteiger partial charge in [0, 0.05) is 24.8 Å². The summed E-state index contributed by atoms with van der Waals surface area (Å²) in [5, 5.41) is 56.2. The molecule has 1 aromatic carbocycles. The molecule has 0 saturated carbocycles. The number of rotatable bonds is 6. The van der Waals surface area contributed by atoms with Gasteiger partial charge in [-0.05, 0) is 6.07 Å². The van der Waals surface area contributed by atoms with Crippen LogP contribution in [-0.2, 0) is 14.4 Å². The molecule has 0 saturated heterocycles. The molecule has 0 aliphatic carbocycles. The van der Waals surface area contributed by atoms with Crippen LogP contribution in [0.2, 0.25) is 0 Å². The molecule has 1 aromatic rings. The second kappa shape index (κ2) is 15.9. The van der Waals surface area contributed by atoms with Crippen molar-refractivity contribution in [2.24, 2.45) is 0 Å². The Bertz CT molecular complexity index is 604. The summed E-state index contributed by atoms with van der Waals surface area (Å²) in [6.07, 6.45) is -2.59. The minimum atomic E-state index is -2.86. The Hall–Kier alpha value is -0.140. The minimum absolute atomic E-state index is 0. The molecule has 126 valence electrons. The molecule has 26 heavy (non-hydrogen) atoms. The van der Waals surface area contributed by atoms with Crippen molar-refractivity contribution in [3.05, 3.63) is 29.8 Å². The quantitative estimate of drug-likeness (QED) is 0.388. The van der Waals surface area contributed by atoms with E-state index in [1.165, 1.54) is 24.3 Å². The Morgan fingerprint density at radius 1 is 0.885 bits per heavy atom. The zero-order valence-electron chi connectivity index (χ0n) is 14.4. The fraction of sp³-hybridized carbons (Fsp3) is 0.231. The number of carbonyl (C=O) groups excluding carboxylic acids is 2. The van der Waals surface area contributed by atoms with E-state index in [0.29, 0.717) is 0 Å². The molecule has 0 heterocycles. The van der Waals surface area contributed by atoms with E-state index in [0.717, 1.165) is 0 Å². The molecule has 0 radical (unpaired) electrons. The fourth-order valence-electron chi connectivity index (χ4n) is 1.33. The first-order valence-electron chi connectivity index (χ1n) is 5.84. The van der Waals surface area contributed by atoms with Gasteiger partial charge in [0.25, 0.3) is 0 Å². The number of benzene rings is 1. The summed E-state index contributed by atoms with van der Waals surface area (Å²) < 4.78 is 0. The molecule has 1 rings (SSSR count). The summed E-state index contributed by atoms with van der Waals surface area (Å²) in [6, 6.07) is 5.54. The van der Waals surface area contributed by atoms with Crippen LogP contribution in [0.1, 0.15) is 23.2 Å². The van der Waals surface area contributed by atoms with E-state index in [-0.39, 0.29) is 94.2 Å². The molecular weight excluding hydrogens is 385 g/mol. The second-order valence-corrected chi connectivity index (χ2v) is 4.24. The topological polar surface area (TPSA) is 198 Å². The monoisotopic (exact) mass is 396 g/mol. The van der Waals surface area contributed by atoms with E-state index in [2.05, 4.69) is 0 Å². The maximum atomic E-state index is 10.7. The first kappa shape index (κ1) is 33.4. The second-order valence-electron chi connectivity index (χ2n) is 4.24. The number of aromatic carboxylic acids is 1. The third-order valence-electron chi connectivity index (χ3n) is 2.39. The van der Waals surface area contributed by atoms with Gasteiger partial charge in [-0.25, -0.2) is 9.59 Å². The Morgan fingerprint density at radius 3 is 1.50 bits per heavy atom. The van der Waals surface area contributed by atoms with Crippen molar-refractivity contribution < 1.29 is 138 Å². The van der Waals surface area contributed by atoms with Gasteiger partial charge >= 0.3 is 101 Å². The summed E-state index contributed by atoms with van der Waals surface area (Å²) in [4.78, 5) is 40.4. The first-order chi connectivity index (χ1) is 10.5. The van der Waals surface area contributed by atoms with Gasteiger partial charge in [0.2, 0.25) is 0 Å². The van der Waals surface area contributed by atoms with Gasteiger partial charge < -0.3 is 40.2 Å². The Balaban J connectivity index is -0.000000170. The van der Waals surface area contributed by atoms with Crippen molar-refractivity contribution in [3.63, 3.8) is 0 Å². The van der Waals surface area contributed by atoms with Crippen LogP contribution in [0.4, 0.5) is 0 Å². The molecule has 13 heteroatoms. The van der Waals surface area contributed by atoms with Crippen LogP contribution in [-0.4, -0.2) is 44.8 Å². The molecule has 0 atom stereocenters. The molecule has 10 nitrogen and oxygen atoms in total. The van der Waals surface area contributed by atoms with Crippen LogP contribution in [0, 0.1) is 0 Å². The zero-order chi connectivity index (χ0) is 18.2. The normalized spacial score (nSPS) is 8.96. The number of carboxylic acids is 4. The predicted octanol–water partition coefficient (Wildman–Crippen LogP) is -12.4. The molecule has 0 aliphatic heterocycles. The van der Waals surface area contributed by atoms with Crippen LogP contribution in [0.5, 0.6) is 5.75 Å². The summed E-state index contributed by atoms with van der Waals surface area (Å²) in [6.45, 7) is 0. The van der Waals surface area contributed by atoms with Gasteiger partial charge in [0.1, 0.15) is 0 Å². The van der Waals surface area contributed by atoms with Crippen molar-refractivity contribution >= 4 is 23.9 Å². The Kier molecular flexibility index (Phi) is 20.4. The SMILES string of the molecule is O=C(O)c1ccccc1[O-].O=C([O-])CC(O)(CC(=O)[O-])C(=O)O.[Na+].[Na+].[Na+]. The zero-order valence-corrected chi connectivity index (χ0v) is 20.4. The van der Waals surface area contributed by atoms with E-state index < -0.39 is 48.1 Å². The molecule has 3 N–H and O–H groups in total. The molecule has 0 amide bonds. The Morgan fingerprint density at radius 2 is 1.27 bits per heavy atom. The van der Waals surface area contributed by atoms with E-state index in [9.17, 15) is 34.5 Å². The summed E-state index contributed by atoms with van der Waals surface area (Å²) in [5.74, 6) is -7.28. The molecule has 0 spiro atoms. The largest absolute Gasteiger partial charge is 1.00 e. The van der Waals surface area contributed by atoms with Crippen molar-refractivity contribution in [3.8, 4) is 5.75 Å². The van der Waals surface area contributed by atoms with Gasteiger partial charge in [0.05, 0.1) is 5.56 Å². The number of para-hydroxylation sites is 1. The number of hydrogen-bond donors (Lipinski definition) is 3. The van der Waals surface area contributed by atoms with Gasteiger partial charge in [-0.1, -0.05) is 23.9 Å². The number of carboxylic acid groups (broad SMARTS) is 4. The molecule has 0 unspecified atom stereocenters. The molecule has 0 aliphatic rings. The fourth-order valence-corrected chi connectivity index (χ4v) is 1.33. The number of aliphatic hydroxyl groups is 1. The van der Waals surface area contributed by atoms with Crippen LogP contribution in [0.15, 0.2) is 24.3 Å². The van der Waals surface area contributed by atoms with Crippen molar-refractivity contribution in [1.82, 2.24) is 0 Å². The molecule has 0 aromatic heterocycles. The van der Waals surface area contributed by atoms with Crippen LogP contribution < -0.4 is 104 Å². The maximum Gasteiger partial charge on any atom is 1.00 e. The number of aliphatic carboxylic acids is 3. The summed E-state index contributed by atoms with van der Waals surface area (Å²) >= 11 is 0. The van der Waals surface area contributed by atoms with Crippen LogP contribution in [0.3, 0.4) is 0 Å². The van der Waals surface area contributed by atoms with E-state index in [1.807, 2.05) is 0 Å². The minimum Gasteiger partial charge on any atom is -0.872 e. The molecular formula is C13H11Na3O10. The van der Waals surface area contributed by atoms with Gasteiger partial charge in [-0.3, -0.25) is 0 Å². The average molecular weight is 396 g/mol. The predicted molar refractivity (Wildman–Crippen MR) is 64.7 cm³/mol.